The molecule has 2 N–H and O–H groups in total. The Balaban J connectivity index is 2.32. The first-order valence-corrected chi connectivity index (χ1v) is 7.17. The first kappa shape index (κ1) is 13.2. The normalized spacial score (nSPS) is 10.9. The molecule has 0 fully saturated rings. The van der Waals surface area contributed by atoms with Gasteiger partial charge in [-0.15, -0.1) is 11.3 Å². The number of nitrogens with zero attached hydrogens (tertiary/aromatic N) is 1. The lowest BCUT2D eigenvalue weighted by Crippen LogP contribution is -2.30. The van der Waals surface area contributed by atoms with Crippen LogP contribution in [-0.2, 0) is 6.54 Å². The molecule has 1 aromatic carbocycles. The van der Waals surface area contributed by atoms with Crippen molar-refractivity contribution < 1.29 is 0 Å². The van der Waals surface area contributed by atoms with Crippen LogP contribution in [0, 0.1) is 0 Å². The monoisotopic (exact) mass is 280 g/mol. The summed E-state index contributed by atoms with van der Waals surface area (Å²) in [5, 5.41) is 2.81. The van der Waals surface area contributed by atoms with Gasteiger partial charge < -0.3 is 10.6 Å². The number of halogens is 1. The minimum Gasteiger partial charge on any atom is -0.397 e. The molecule has 4 heteroatoms. The van der Waals surface area contributed by atoms with E-state index in [4.69, 9.17) is 17.3 Å². The predicted octanol–water partition coefficient (Wildman–Crippen LogP) is 4.40. The maximum atomic E-state index is 6.07. The van der Waals surface area contributed by atoms with Crippen molar-refractivity contribution in [2.24, 2.45) is 0 Å². The summed E-state index contributed by atoms with van der Waals surface area (Å²) < 4.78 is 0. The van der Waals surface area contributed by atoms with Gasteiger partial charge in [0.25, 0.3) is 0 Å². The van der Waals surface area contributed by atoms with E-state index in [1.165, 1.54) is 4.88 Å². The van der Waals surface area contributed by atoms with Crippen LogP contribution >= 0.6 is 22.9 Å². The Hall–Kier alpha value is -1.19. The third-order valence-electron chi connectivity index (χ3n) is 2.83. The highest BCUT2D eigenvalue weighted by molar-refractivity contribution is 7.09. The third-order valence-corrected chi connectivity index (χ3v) is 3.93. The second-order valence-electron chi connectivity index (χ2n) is 4.50. The molecule has 0 bridgehead atoms. The van der Waals surface area contributed by atoms with Crippen LogP contribution in [0.2, 0.25) is 5.02 Å². The smallest absolute Gasteiger partial charge is 0.0620 e. The number of thiophene rings is 1. The van der Waals surface area contributed by atoms with Gasteiger partial charge in [0.1, 0.15) is 0 Å². The van der Waals surface area contributed by atoms with Gasteiger partial charge in [0.15, 0.2) is 0 Å². The average molecular weight is 281 g/mol. The standard InChI is InChI=1S/C14H17ClN2S/c1-10(2)17(9-12-4-3-7-18-12)14-8-11(15)5-6-13(14)16/h3-8,10H,9,16H2,1-2H3. The van der Waals surface area contributed by atoms with Crippen LogP contribution in [0.3, 0.4) is 0 Å². The summed E-state index contributed by atoms with van der Waals surface area (Å²) in [6.45, 7) is 5.18. The summed E-state index contributed by atoms with van der Waals surface area (Å²) in [7, 11) is 0. The Morgan fingerprint density at radius 1 is 1.33 bits per heavy atom. The van der Waals surface area contributed by atoms with Gasteiger partial charge in [0.2, 0.25) is 0 Å². The van der Waals surface area contributed by atoms with Crippen molar-refractivity contribution >= 4 is 34.3 Å². The number of hydrogen-bond donors (Lipinski definition) is 1. The second kappa shape index (κ2) is 5.63. The van der Waals surface area contributed by atoms with Gasteiger partial charge in [0, 0.05) is 15.9 Å². The molecule has 0 aliphatic rings. The number of nitrogens with two attached hydrogens (primary N) is 1. The number of rotatable bonds is 4. The molecule has 18 heavy (non-hydrogen) atoms. The van der Waals surface area contributed by atoms with Crippen molar-refractivity contribution in [2.45, 2.75) is 26.4 Å². The topological polar surface area (TPSA) is 29.3 Å². The van der Waals surface area contributed by atoms with Crippen molar-refractivity contribution in [3.8, 4) is 0 Å². The first-order valence-electron chi connectivity index (χ1n) is 5.92. The molecule has 0 aliphatic heterocycles. The second-order valence-corrected chi connectivity index (χ2v) is 5.97. The lowest BCUT2D eigenvalue weighted by molar-refractivity contribution is 0.688. The SMILES string of the molecule is CC(C)N(Cc1cccs1)c1cc(Cl)ccc1N. The zero-order valence-corrected chi connectivity index (χ0v) is 12.1. The highest BCUT2D eigenvalue weighted by Crippen LogP contribution is 2.30. The van der Waals surface area contributed by atoms with Gasteiger partial charge in [-0.05, 0) is 43.5 Å². The molecule has 0 spiro atoms. The fourth-order valence-corrected chi connectivity index (χ4v) is 2.75. The van der Waals surface area contributed by atoms with Gasteiger partial charge in [-0.25, -0.2) is 0 Å². The zero-order valence-electron chi connectivity index (χ0n) is 10.6. The Kier molecular flexibility index (Phi) is 4.15. The van der Waals surface area contributed by atoms with Crippen molar-refractivity contribution in [3.63, 3.8) is 0 Å². The van der Waals surface area contributed by atoms with Crippen LogP contribution in [0.25, 0.3) is 0 Å². The van der Waals surface area contributed by atoms with E-state index in [0.29, 0.717) is 6.04 Å². The van der Waals surface area contributed by atoms with Crippen LogP contribution in [0.1, 0.15) is 18.7 Å². The molecule has 0 aliphatic carbocycles. The highest BCUT2D eigenvalue weighted by Gasteiger charge is 2.14. The third kappa shape index (κ3) is 2.98. The maximum Gasteiger partial charge on any atom is 0.0620 e. The lowest BCUT2D eigenvalue weighted by Gasteiger charge is -2.29. The Morgan fingerprint density at radius 2 is 2.11 bits per heavy atom. The van der Waals surface area contributed by atoms with Gasteiger partial charge in [0.05, 0.1) is 17.9 Å². The highest BCUT2D eigenvalue weighted by atomic mass is 35.5. The molecule has 1 aromatic heterocycles. The van der Waals surface area contributed by atoms with E-state index in [-0.39, 0.29) is 0 Å². The lowest BCUT2D eigenvalue weighted by atomic mass is 10.2. The molecule has 2 aromatic rings. The minimum absolute atomic E-state index is 0.368. The number of nitrogen functional groups attached to an aromatic ring is 1. The van der Waals surface area contributed by atoms with E-state index in [1.807, 2.05) is 18.2 Å². The fraction of sp³-hybridized carbons (Fsp3) is 0.286. The summed E-state index contributed by atoms with van der Waals surface area (Å²) in [5.41, 5.74) is 7.83. The molecule has 2 rings (SSSR count). The molecule has 0 radical (unpaired) electrons. The molecule has 1 heterocycles. The summed E-state index contributed by atoms with van der Waals surface area (Å²) in [6, 6.07) is 10.2. The van der Waals surface area contributed by atoms with E-state index in [9.17, 15) is 0 Å². The van der Waals surface area contributed by atoms with Gasteiger partial charge >= 0.3 is 0 Å². The average Bonchev–Trinajstić information content (AvgIpc) is 2.82. The van der Waals surface area contributed by atoms with E-state index in [0.717, 1.165) is 22.9 Å². The molecule has 0 unspecified atom stereocenters. The Bertz CT molecular complexity index is 509. The minimum atomic E-state index is 0.368. The largest absolute Gasteiger partial charge is 0.397 e. The summed E-state index contributed by atoms with van der Waals surface area (Å²) in [4.78, 5) is 3.59. The molecule has 0 saturated heterocycles. The van der Waals surface area contributed by atoms with Crippen LogP contribution in [-0.4, -0.2) is 6.04 Å². The van der Waals surface area contributed by atoms with Crippen molar-refractivity contribution in [3.05, 3.63) is 45.6 Å². The molecular formula is C14H17ClN2S. The Labute approximate surface area is 117 Å². The predicted molar refractivity (Wildman–Crippen MR) is 81.5 cm³/mol. The first-order chi connectivity index (χ1) is 8.58. The Morgan fingerprint density at radius 3 is 2.72 bits per heavy atom. The van der Waals surface area contributed by atoms with Crippen molar-refractivity contribution in [1.29, 1.82) is 0 Å². The maximum absolute atomic E-state index is 6.07. The van der Waals surface area contributed by atoms with E-state index >= 15 is 0 Å². The molecule has 0 amide bonds. The van der Waals surface area contributed by atoms with E-state index in [2.05, 4.69) is 36.3 Å². The molecule has 2 nitrogen and oxygen atoms in total. The van der Waals surface area contributed by atoms with E-state index in [1.54, 1.807) is 11.3 Å². The number of benzene rings is 1. The number of hydrogen-bond acceptors (Lipinski definition) is 3. The number of anilines is 2. The van der Waals surface area contributed by atoms with Crippen LogP contribution < -0.4 is 10.6 Å². The van der Waals surface area contributed by atoms with Gasteiger partial charge in [-0.3, -0.25) is 0 Å². The summed E-state index contributed by atoms with van der Waals surface area (Å²) >= 11 is 7.83. The molecular weight excluding hydrogens is 264 g/mol. The van der Waals surface area contributed by atoms with Crippen LogP contribution in [0.5, 0.6) is 0 Å². The quantitative estimate of drug-likeness (QED) is 0.841. The summed E-state index contributed by atoms with van der Waals surface area (Å²) in [5.74, 6) is 0. The van der Waals surface area contributed by atoms with Crippen molar-refractivity contribution in [2.75, 3.05) is 10.6 Å². The summed E-state index contributed by atoms with van der Waals surface area (Å²) in [6.07, 6.45) is 0. The van der Waals surface area contributed by atoms with Crippen LogP contribution in [0.15, 0.2) is 35.7 Å². The van der Waals surface area contributed by atoms with Gasteiger partial charge in [-0.1, -0.05) is 17.7 Å². The fourth-order valence-electron chi connectivity index (χ4n) is 1.88. The van der Waals surface area contributed by atoms with Gasteiger partial charge in [-0.2, -0.15) is 0 Å². The molecule has 0 atom stereocenters. The van der Waals surface area contributed by atoms with Crippen molar-refractivity contribution in [1.82, 2.24) is 0 Å². The van der Waals surface area contributed by atoms with Crippen LogP contribution in [0.4, 0.5) is 11.4 Å². The molecule has 96 valence electrons. The zero-order chi connectivity index (χ0) is 13.1. The molecule has 0 saturated carbocycles. The van der Waals surface area contributed by atoms with E-state index < -0.39 is 0 Å².